The molecule has 2 aromatic rings. The van der Waals surface area contributed by atoms with Crippen molar-refractivity contribution in [2.45, 2.75) is 35.5 Å². The number of sulfonamides is 1. The maximum atomic E-state index is 13.6. The topological polar surface area (TPSA) is 66.5 Å². The highest BCUT2D eigenvalue weighted by Crippen LogP contribution is 2.24. The molecule has 0 unspecified atom stereocenters. The lowest BCUT2D eigenvalue weighted by Gasteiger charge is -2.20. The summed E-state index contributed by atoms with van der Waals surface area (Å²) < 4.78 is 40.9. The number of hydrogen-bond acceptors (Lipinski definition) is 4. The molecule has 150 valence electrons. The van der Waals surface area contributed by atoms with E-state index in [1.54, 1.807) is 36.4 Å². The van der Waals surface area contributed by atoms with Crippen LogP contribution in [0.25, 0.3) is 0 Å². The van der Waals surface area contributed by atoms with Crippen molar-refractivity contribution in [3.8, 4) is 0 Å². The second-order valence-corrected chi connectivity index (χ2v) is 9.57. The summed E-state index contributed by atoms with van der Waals surface area (Å²) in [6.45, 7) is 1.05. The lowest BCUT2D eigenvalue weighted by molar-refractivity contribution is -0.113. The number of halogens is 1. The van der Waals surface area contributed by atoms with Crippen LogP contribution in [-0.4, -0.2) is 37.5 Å². The maximum absolute atomic E-state index is 13.6. The molecule has 0 atom stereocenters. The highest BCUT2D eigenvalue weighted by atomic mass is 32.2. The first-order valence-electron chi connectivity index (χ1n) is 9.24. The smallest absolute Gasteiger partial charge is 0.243 e. The van der Waals surface area contributed by atoms with E-state index in [0.29, 0.717) is 23.7 Å². The first-order valence-corrected chi connectivity index (χ1v) is 11.7. The van der Waals surface area contributed by atoms with Gasteiger partial charge in [-0.3, -0.25) is 4.79 Å². The van der Waals surface area contributed by atoms with Crippen molar-refractivity contribution in [2.24, 2.45) is 0 Å². The summed E-state index contributed by atoms with van der Waals surface area (Å²) in [6.07, 6.45) is 3.81. The van der Waals surface area contributed by atoms with E-state index in [1.807, 2.05) is 0 Å². The Morgan fingerprint density at radius 2 is 1.75 bits per heavy atom. The number of carbonyl (C=O) groups is 1. The molecule has 3 rings (SSSR count). The van der Waals surface area contributed by atoms with Crippen LogP contribution in [0, 0.1) is 5.82 Å². The average Bonchev–Trinajstić information content (AvgIpc) is 2.98. The molecule has 2 aromatic carbocycles. The summed E-state index contributed by atoms with van der Waals surface area (Å²) in [7, 11) is -3.58. The van der Waals surface area contributed by atoms with Crippen molar-refractivity contribution in [1.82, 2.24) is 4.31 Å². The molecule has 1 amide bonds. The van der Waals surface area contributed by atoms with E-state index in [-0.39, 0.29) is 22.4 Å². The van der Waals surface area contributed by atoms with E-state index in [4.69, 9.17) is 0 Å². The van der Waals surface area contributed by atoms with Crippen molar-refractivity contribution in [3.05, 3.63) is 54.3 Å². The second kappa shape index (κ2) is 9.54. The van der Waals surface area contributed by atoms with E-state index in [0.717, 1.165) is 37.4 Å². The number of thioether (sulfide) groups is 1. The molecule has 28 heavy (non-hydrogen) atoms. The minimum absolute atomic E-state index is 0.0318. The van der Waals surface area contributed by atoms with E-state index in [9.17, 15) is 17.6 Å². The molecule has 1 saturated heterocycles. The van der Waals surface area contributed by atoms with Gasteiger partial charge in [-0.1, -0.05) is 31.0 Å². The Balaban J connectivity index is 1.65. The van der Waals surface area contributed by atoms with Gasteiger partial charge in [-0.2, -0.15) is 4.31 Å². The van der Waals surface area contributed by atoms with Gasteiger partial charge in [0.25, 0.3) is 0 Å². The molecule has 8 heteroatoms. The van der Waals surface area contributed by atoms with Crippen molar-refractivity contribution in [2.75, 3.05) is 24.2 Å². The summed E-state index contributed by atoms with van der Waals surface area (Å²) >= 11 is 1.10. The van der Waals surface area contributed by atoms with Gasteiger partial charge < -0.3 is 5.32 Å². The molecule has 1 N–H and O–H groups in total. The Morgan fingerprint density at radius 1 is 1.04 bits per heavy atom. The van der Waals surface area contributed by atoms with Crippen molar-refractivity contribution < 1.29 is 17.6 Å². The fourth-order valence-electron chi connectivity index (χ4n) is 3.07. The van der Waals surface area contributed by atoms with Gasteiger partial charge in [0, 0.05) is 23.7 Å². The van der Waals surface area contributed by atoms with Crippen molar-refractivity contribution >= 4 is 33.4 Å². The minimum atomic E-state index is -3.58. The summed E-state index contributed by atoms with van der Waals surface area (Å²) in [4.78, 5) is 12.8. The van der Waals surface area contributed by atoms with Crippen LogP contribution in [0.2, 0.25) is 0 Å². The van der Waals surface area contributed by atoms with Crippen LogP contribution in [0.3, 0.4) is 0 Å². The normalized spacial score (nSPS) is 15.8. The number of benzene rings is 2. The van der Waals surface area contributed by atoms with Crippen molar-refractivity contribution in [3.63, 3.8) is 0 Å². The summed E-state index contributed by atoms with van der Waals surface area (Å²) in [6, 6.07) is 12.5. The number of nitrogens with one attached hydrogen (secondary N) is 1. The van der Waals surface area contributed by atoms with Gasteiger partial charge in [0.15, 0.2) is 0 Å². The van der Waals surface area contributed by atoms with Gasteiger partial charge in [0.05, 0.1) is 10.6 Å². The zero-order chi connectivity index (χ0) is 20.0. The third kappa shape index (κ3) is 5.33. The first kappa shape index (κ1) is 20.8. The van der Waals surface area contributed by atoms with Gasteiger partial charge in [-0.05, 0) is 43.2 Å². The lowest BCUT2D eigenvalue weighted by atomic mass is 10.2. The minimum Gasteiger partial charge on any atom is -0.325 e. The SMILES string of the molecule is O=C(CSc1ccccc1F)Nc1cccc(S(=O)(=O)N2CCCCCC2)c1. The van der Waals surface area contributed by atoms with Crippen LogP contribution in [0.15, 0.2) is 58.3 Å². The fraction of sp³-hybridized carbons (Fsp3) is 0.350. The zero-order valence-electron chi connectivity index (χ0n) is 15.4. The van der Waals surface area contributed by atoms with E-state index < -0.39 is 10.0 Å². The van der Waals surface area contributed by atoms with E-state index in [1.165, 1.54) is 16.4 Å². The van der Waals surface area contributed by atoms with Gasteiger partial charge in [0.2, 0.25) is 15.9 Å². The number of anilines is 1. The first-order chi connectivity index (χ1) is 13.5. The highest BCUT2D eigenvalue weighted by Gasteiger charge is 2.25. The van der Waals surface area contributed by atoms with E-state index >= 15 is 0 Å². The Bertz CT molecular complexity index is 927. The third-order valence-electron chi connectivity index (χ3n) is 4.52. The molecular weight excluding hydrogens is 399 g/mol. The molecule has 0 aromatic heterocycles. The lowest BCUT2D eigenvalue weighted by Crippen LogP contribution is -2.32. The zero-order valence-corrected chi connectivity index (χ0v) is 17.1. The Hall–Kier alpha value is -1.90. The van der Waals surface area contributed by atoms with Crippen LogP contribution in [-0.2, 0) is 14.8 Å². The monoisotopic (exact) mass is 422 g/mol. The van der Waals surface area contributed by atoms with Gasteiger partial charge in [-0.25, -0.2) is 12.8 Å². The fourth-order valence-corrected chi connectivity index (χ4v) is 5.37. The highest BCUT2D eigenvalue weighted by molar-refractivity contribution is 8.00. The molecule has 1 heterocycles. The number of carbonyl (C=O) groups excluding carboxylic acids is 1. The van der Waals surface area contributed by atoms with Crippen LogP contribution in [0.1, 0.15) is 25.7 Å². The second-order valence-electron chi connectivity index (χ2n) is 6.61. The van der Waals surface area contributed by atoms with Crippen LogP contribution in [0.5, 0.6) is 0 Å². The Kier molecular flexibility index (Phi) is 7.09. The molecule has 0 bridgehead atoms. The van der Waals surface area contributed by atoms with Gasteiger partial charge in [-0.15, -0.1) is 11.8 Å². The molecule has 0 radical (unpaired) electrons. The third-order valence-corrected chi connectivity index (χ3v) is 7.46. The number of amides is 1. The Morgan fingerprint density at radius 3 is 2.46 bits per heavy atom. The van der Waals surface area contributed by atoms with Crippen LogP contribution >= 0.6 is 11.8 Å². The largest absolute Gasteiger partial charge is 0.325 e. The molecule has 1 aliphatic rings. The predicted molar refractivity (Wildman–Crippen MR) is 109 cm³/mol. The summed E-state index contributed by atoms with van der Waals surface area (Å²) in [5, 5.41) is 2.69. The summed E-state index contributed by atoms with van der Waals surface area (Å²) in [5.74, 6) is -0.660. The molecular formula is C20H23FN2O3S2. The maximum Gasteiger partial charge on any atom is 0.243 e. The summed E-state index contributed by atoms with van der Waals surface area (Å²) in [5.41, 5.74) is 0.412. The standard InChI is InChI=1S/C20H23FN2O3S2/c21-18-10-3-4-11-19(18)27-15-20(24)22-16-8-7-9-17(14-16)28(25,26)23-12-5-1-2-6-13-23/h3-4,7-11,14H,1-2,5-6,12-13,15H2,(H,22,24). The van der Waals surface area contributed by atoms with Crippen LogP contribution < -0.4 is 5.32 Å². The quantitative estimate of drug-likeness (QED) is 0.711. The van der Waals surface area contributed by atoms with Crippen molar-refractivity contribution in [1.29, 1.82) is 0 Å². The molecule has 1 fully saturated rings. The number of nitrogens with zero attached hydrogens (tertiary/aromatic N) is 1. The van der Waals surface area contributed by atoms with Gasteiger partial charge in [0.1, 0.15) is 5.82 Å². The molecule has 0 aliphatic carbocycles. The molecule has 1 aliphatic heterocycles. The van der Waals surface area contributed by atoms with Gasteiger partial charge >= 0.3 is 0 Å². The predicted octanol–water partition coefficient (Wildman–Crippen LogP) is 4.12. The van der Waals surface area contributed by atoms with E-state index in [2.05, 4.69) is 5.32 Å². The number of rotatable bonds is 6. The molecule has 5 nitrogen and oxygen atoms in total. The number of hydrogen-bond donors (Lipinski definition) is 1. The van der Waals surface area contributed by atoms with Crippen LogP contribution in [0.4, 0.5) is 10.1 Å². The Labute approximate surface area is 169 Å². The average molecular weight is 423 g/mol. The molecule has 0 spiro atoms. The molecule has 0 saturated carbocycles.